The van der Waals surface area contributed by atoms with Gasteiger partial charge in [-0.1, -0.05) is 42.5 Å². The first-order valence-electron chi connectivity index (χ1n) is 12.4. The molecule has 1 unspecified atom stereocenters. The molecule has 0 bridgehead atoms. The summed E-state index contributed by atoms with van der Waals surface area (Å²) in [6.45, 7) is 2.40. The van der Waals surface area contributed by atoms with Crippen LogP contribution in [-0.2, 0) is 22.6 Å². The standard InChI is InChI=1S/C30H30N2O6/c1-19-12-21(10-11-25(19)35-4)13-23-29(33)32(3)24(30(34)31(23)2)14-22-15-27-28(38-18-37-27)16-26(22)36-17-20-8-6-5-7-9-20/h5-12,14-16,23H,13,17-18H2,1-4H3/b24-14-. The number of hydrogen-bond acceptors (Lipinski definition) is 6. The molecule has 0 aliphatic carbocycles. The summed E-state index contributed by atoms with van der Waals surface area (Å²) >= 11 is 0. The second kappa shape index (κ2) is 10.5. The third kappa shape index (κ3) is 4.89. The van der Waals surface area contributed by atoms with Crippen molar-refractivity contribution in [2.75, 3.05) is 28.0 Å². The van der Waals surface area contributed by atoms with Gasteiger partial charge in [-0.2, -0.15) is 0 Å². The first-order valence-corrected chi connectivity index (χ1v) is 12.4. The summed E-state index contributed by atoms with van der Waals surface area (Å²) in [6, 6.07) is 18.5. The highest BCUT2D eigenvalue weighted by Gasteiger charge is 2.39. The van der Waals surface area contributed by atoms with Gasteiger partial charge in [0.25, 0.3) is 5.91 Å². The molecule has 38 heavy (non-hydrogen) atoms. The number of benzene rings is 3. The van der Waals surface area contributed by atoms with E-state index >= 15 is 0 Å². The molecule has 0 saturated carbocycles. The highest BCUT2D eigenvalue weighted by Crippen LogP contribution is 2.40. The molecule has 1 atom stereocenters. The summed E-state index contributed by atoms with van der Waals surface area (Å²) in [5.41, 5.74) is 3.80. The van der Waals surface area contributed by atoms with Crippen molar-refractivity contribution in [3.63, 3.8) is 0 Å². The molecule has 2 aliphatic heterocycles. The Balaban J connectivity index is 1.43. The van der Waals surface area contributed by atoms with E-state index in [2.05, 4.69) is 0 Å². The molecule has 196 valence electrons. The minimum atomic E-state index is -0.622. The Kier molecular flexibility index (Phi) is 6.96. The van der Waals surface area contributed by atoms with Gasteiger partial charge in [-0.05, 0) is 41.8 Å². The lowest BCUT2D eigenvalue weighted by Gasteiger charge is -2.38. The fourth-order valence-corrected chi connectivity index (χ4v) is 4.71. The van der Waals surface area contributed by atoms with E-state index in [4.69, 9.17) is 18.9 Å². The fraction of sp³-hybridized carbons (Fsp3) is 0.267. The molecule has 1 saturated heterocycles. The Morgan fingerprint density at radius 3 is 2.39 bits per heavy atom. The number of piperazine rings is 1. The zero-order valence-electron chi connectivity index (χ0n) is 21.9. The molecule has 5 rings (SSSR count). The molecule has 2 aliphatic rings. The van der Waals surface area contributed by atoms with Gasteiger partial charge in [0.1, 0.15) is 29.8 Å². The van der Waals surface area contributed by atoms with Crippen molar-refractivity contribution in [2.45, 2.75) is 26.0 Å². The fourth-order valence-electron chi connectivity index (χ4n) is 4.71. The van der Waals surface area contributed by atoms with Crippen LogP contribution in [0.15, 0.2) is 66.4 Å². The van der Waals surface area contributed by atoms with E-state index in [1.807, 2.05) is 55.5 Å². The summed E-state index contributed by atoms with van der Waals surface area (Å²) in [5.74, 6) is 2.01. The smallest absolute Gasteiger partial charge is 0.271 e. The number of hydrogen-bond donors (Lipinski definition) is 0. The predicted octanol–water partition coefficient (Wildman–Crippen LogP) is 4.19. The summed E-state index contributed by atoms with van der Waals surface area (Å²) in [5, 5.41) is 0. The zero-order valence-corrected chi connectivity index (χ0v) is 21.9. The van der Waals surface area contributed by atoms with Crippen molar-refractivity contribution in [1.29, 1.82) is 0 Å². The van der Waals surface area contributed by atoms with Crippen LogP contribution in [0.3, 0.4) is 0 Å². The van der Waals surface area contributed by atoms with Gasteiger partial charge in [0.15, 0.2) is 11.5 Å². The molecule has 0 aromatic heterocycles. The Morgan fingerprint density at radius 1 is 0.947 bits per heavy atom. The van der Waals surface area contributed by atoms with Crippen LogP contribution in [0.25, 0.3) is 6.08 Å². The molecular formula is C30H30N2O6. The van der Waals surface area contributed by atoms with Gasteiger partial charge in [0, 0.05) is 32.1 Å². The SMILES string of the molecule is COc1ccc(CC2C(=O)N(C)/C(=C\c3cc4c(cc3OCc3ccccc3)OCO4)C(=O)N2C)cc1C. The van der Waals surface area contributed by atoms with Gasteiger partial charge < -0.3 is 28.7 Å². The maximum absolute atomic E-state index is 13.5. The summed E-state index contributed by atoms with van der Waals surface area (Å²) in [4.78, 5) is 29.9. The second-order valence-corrected chi connectivity index (χ2v) is 9.38. The normalized spacial score (nSPS) is 17.8. The van der Waals surface area contributed by atoms with Crippen molar-refractivity contribution in [3.8, 4) is 23.0 Å². The first-order chi connectivity index (χ1) is 18.4. The third-order valence-corrected chi connectivity index (χ3v) is 6.91. The quantitative estimate of drug-likeness (QED) is 0.440. The van der Waals surface area contributed by atoms with E-state index in [0.29, 0.717) is 35.8 Å². The molecule has 3 aromatic rings. The molecule has 3 aromatic carbocycles. The number of likely N-dealkylation sites (N-methyl/N-ethyl adjacent to an activating group) is 2. The van der Waals surface area contributed by atoms with Crippen molar-refractivity contribution in [3.05, 3.63) is 88.6 Å². The van der Waals surface area contributed by atoms with Crippen molar-refractivity contribution in [1.82, 2.24) is 9.80 Å². The number of carbonyl (C=O) groups is 2. The number of carbonyl (C=O) groups excluding carboxylic acids is 2. The topological polar surface area (TPSA) is 77.5 Å². The van der Waals surface area contributed by atoms with Crippen LogP contribution >= 0.6 is 0 Å². The van der Waals surface area contributed by atoms with Gasteiger partial charge >= 0.3 is 0 Å². The number of nitrogens with zero attached hydrogens (tertiary/aromatic N) is 2. The second-order valence-electron chi connectivity index (χ2n) is 9.38. The largest absolute Gasteiger partial charge is 0.496 e. The number of aryl methyl sites for hydroxylation is 1. The maximum atomic E-state index is 13.5. The monoisotopic (exact) mass is 514 g/mol. The van der Waals surface area contributed by atoms with Gasteiger partial charge in [0.2, 0.25) is 12.7 Å². The average Bonchev–Trinajstić information content (AvgIpc) is 3.39. The Hall–Kier alpha value is -4.46. The van der Waals surface area contributed by atoms with Gasteiger partial charge in [-0.3, -0.25) is 9.59 Å². The minimum Gasteiger partial charge on any atom is -0.496 e. The molecule has 8 heteroatoms. The zero-order chi connectivity index (χ0) is 26.8. The number of rotatable bonds is 7. The van der Waals surface area contributed by atoms with Crippen LogP contribution in [0.4, 0.5) is 0 Å². The first kappa shape index (κ1) is 25.2. The molecule has 0 radical (unpaired) electrons. The molecule has 0 N–H and O–H groups in total. The Labute approximate surface area is 222 Å². The number of amides is 2. The summed E-state index contributed by atoms with van der Waals surface area (Å²) in [7, 11) is 4.91. The molecule has 1 fully saturated rings. The van der Waals surface area contributed by atoms with E-state index < -0.39 is 6.04 Å². The van der Waals surface area contributed by atoms with Crippen LogP contribution < -0.4 is 18.9 Å². The van der Waals surface area contributed by atoms with Crippen LogP contribution in [0.1, 0.15) is 22.3 Å². The van der Waals surface area contributed by atoms with Crippen LogP contribution in [0.5, 0.6) is 23.0 Å². The molecule has 0 spiro atoms. The van der Waals surface area contributed by atoms with E-state index in [9.17, 15) is 9.59 Å². The van der Waals surface area contributed by atoms with E-state index in [1.165, 1.54) is 9.80 Å². The predicted molar refractivity (Wildman–Crippen MR) is 142 cm³/mol. The number of fused-ring (bicyclic) bond motifs is 1. The third-order valence-electron chi connectivity index (χ3n) is 6.91. The summed E-state index contributed by atoms with van der Waals surface area (Å²) in [6.07, 6.45) is 2.08. The van der Waals surface area contributed by atoms with Crippen LogP contribution in [-0.4, -0.2) is 55.7 Å². The molecule has 8 nitrogen and oxygen atoms in total. The molecule has 2 heterocycles. The highest BCUT2D eigenvalue weighted by molar-refractivity contribution is 6.07. The summed E-state index contributed by atoms with van der Waals surface area (Å²) < 4.78 is 22.6. The van der Waals surface area contributed by atoms with Gasteiger partial charge in [-0.15, -0.1) is 0 Å². The average molecular weight is 515 g/mol. The lowest BCUT2D eigenvalue weighted by atomic mass is 9.98. The number of ether oxygens (including phenoxy) is 4. The minimum absolute atomic E-state index is 0.111. The van der Waals surface area contributed by atoms with Crippen LogP contribution in [0, 0.1) is 6.92 Å². The Morgan fingerprint density at radius 2 is 1.68 bits per heavy atom. The van der Waals surface area contributed by atoms with Gasteiger partial charge in [-0.25, -0.2) is 0 Å². The van der Waals surface area contributed by atoms with Crippen molar-refractivity contribution < 1.29 is 28.5 Å². The van der Waals surface area contributed by atoms with E-state index in [-0.39, 0.29) is 24.3 Å². The van der Waals surface area contributed by atoms with Gasteiger partial charge in [0.05, 0.1) is 7.11 Å². The molecule has 2 amide bonds. The van der Waals surface area contributed by atoms with Crippen molar-refractivity contribution >= 4 is 17.9 Å². The highest BCUT2D eigenvalue weighted by atomic mass is 16.7. The van der Waals surface area contributed by atoms with E-state index in [0.717, 1.165) is 22.4 Å². The number of methoxy groups -OCH3 is 1. The van der Waals surface area contributed by atoms with Crippen molar-refractivity contribution in [2.24, 2.45) is 0 Å². The maximum Gasteiger partial charge on any atom is 0.271 e. The van der Waals surface area contributed by atoms with Crippen LogP contribution in [0.2, 0.25) is 0 Å². The molecular weight excluding hydrogens is 484 g/mol. The lowest BCUT2D eigenvalue weighted by Crippen LogP contribution is -2.56. The Bertz CT molecular complexity index is 1400. The van der Waals surface area contributed by atoms with E-state index in [1.54, 1.807) is 39.4 Å². The lowest BCUT2D eigenvalue weighted by molar-refractivity contribution is -0.148.